The van der Waals surface area contributed by atoms with Crippen LogP contribution in [0.5, 0.6) is 0 Å². The molecule has 0 fully saturated rings. The number of anilines is 2. The molecule has 0 aliphatic heterocycles. The molecule has 0 aromatic heterocycles. The van der Waals surface area contributed by atoms with Crippen molar-refractivity contribution in [2.45, 2.75) is 6.92 Å². The maximum absolute atomic E-state index is 12.1. The van der Waals surface area contributed by atoms with Gasteiger partial charge >= 0.3 is 0 Å². The molecule has 0 unspecified atom stereocenters. The first kappa shape index (κ1) is 12.7. The zero-order valence-electron chi connectivity index (χ0n) is 10.5. The van der Waals surface area contributed by atoms with Crippen LogP contribution in [0, 0.1) is 18.3 Å². The first-order chi connectivity index (χ1) is 9.10. The second kappa shape index (κ2) is 5.23. The Labute approximate surface area is 111 Å². The largest absolute Gasteiger partial charge is 0.399 e. The summed E-state index contributed by atoms with van der Waals surface area (Å²) in [6, 6.07) is 14.1. The van der Waals surface area contributed by atoms with Crippen molar-refractivity contribution in [3.05, 3.63) is 59.2 Å². The molecule has 4 heteroatoms. The van der Waals surface area contributed by atoms with Crippen LogP contribution in [0.1, 0.15) is 21.5 Å². The van der Waals surface area contributed by atoms with Gasteiger partial charge in [0.2, 0.25) is 0 Å². The summed E-state index contributed by atoms with van der Waals surface area (Å²) in [7, 11) is 0. The highest BCUT2D eigenvalue weighted by atomic mass is 16.1. The Bertz CT molecular complexity index is 671. The fraction of sp³-hybridized carbons (Fsp3) is 0.0667. The molecule has 19 heavy (non-hydrogen) atoms. The lowest BCUT2D eigenvalue weighted by Gasteiger charge is -2.08. The molecule has 0 atom stereocenters. The number of aryl methyl sites for hydroxylation is 1. The van der Waals surface area contributed by atoms with Crippen molar-refractivity contribution in [2.24, 2.45) is 0 Å². The van der Waals surface area contributed by atoms with E-state index in [9.17, 15) is 4.79 Å². The van der Waals surface area contributed by atoms with Crippen LogP contribution in [0.25, 0.3) is 0 Å². The van der Waals surface area contributed by atoms with Crippen molar-refractivity contribution in [3.63, 3.8) is 0 Å². The number of nitrogens with zero attached hydrogens (tertiary/aromatic N) is 1. The van der Waals surface area contributed by atoms with E-state index >= 15 is 0 Å². The fourth-order valence-corrected chi connectivity index (χ4v) is 1.74. The number of benzene rings is 2. The van der Waals surface area contributed by atoms with E-state index in [0.717, 1.165) is 5.56 Å². The molecule has 3 N–H and O–H groups in total. The van der Waals surface area contributed by atoms with Crippen molar-refractivity contribution >= 4 is 17.3 Å². The number of carbonyl (C=O) groups is 1. The minimum absolute atomic E-state index is 0.245. The number of nitrogens with one attached hydrogen (secondary N) is 1. The lowest BCUT2D eigenvalue weighted by Crippen LogP contribution is -2.13. The van der Waals surface area contributed by atoms with Gasteiger partial charge in [0.1, 0.15) is 6.07 Å². The normalized spacial score (nSPS) is 9.68. The van der Waals surface area contributed by atoms with E-state index < -0.39 is 0 Å². The van der Waals surface area contributed by atoms with Gasteiger partial charge in [-0.25, -0.2) is 0 Å². The Kier molecular flexibility index (Phi) is 3.48. The molecule has 0 bridgehead atoms. The van der Waals surface area contributed by atoms with E-state index in [4.69, 9.17) is 11.0 Å². The minimum atomic E-state index is -0.245. The molecule has 0 radical (unpaired) electrons. The van der Waals surface area contributed by atoms with Gasteiger partial charge in [0, 0.05) is 11.3 Å². The van der Waals surface area contributed by atoms with Crippen molar-refractivity contribution in [1.29, 1.82) is 5.26 Å². The second-order valence-electron chi connectivity index (χ2n) is 4.24. The van der Waals surface area contributed by atoms with E-state index in [-0.39, 0.29) is 5.91 Å². The van der Waals surface area contributed by atoms with E-state index in [2.05, 4.69) is 5.32 Å². The number of hydrogen-bond donors (Lipinski definition) is 2. The Morgan fingerprint density at radius 1 is 1.26 bits per heavy atom. The average molecular weight is 251 g/mol. The Hall–Kier alpha value is -2.80. The molecule has 0 saturated carbocycles. The standard InChI is InChI=1S/C15H13N3O/c1-10-3-2-4-11(7-10)15(19)18-14-6-5-13(17)8-12(14)9-16/h2-8H,17H2,1H3,(H,18,19). The number of rotatable bonds is 2. The maximum atomic E-state index is 12.1. The van der Waals surface area contributed by atoms with Crippen LogP contribution in [0.4, 0.5) is 11.4 Å². The number of nitriles is 1. The van der Waals surface area contributed by atoms with Crippen molar-refractivity contribution in [1.82, 2.24) is 0 Å². The lowest BCUT2D eigenvalue weighted by molar-refractivity contribution is 0.102. The average Bonchev–Trinajstić information content (AvgIpc) is 2.40. The molecule has 2 aromatic carbocycles. The Morgan fingerprint density at radius 3 is 2.74 bits per heavy atom. The van der Waals surface area contributed by atoms with Gasteiger partial charge in [-0.3, -0.25) is 4.79 Å². The third-order valence-corrected chi connectivity index (χ3v) is 2.69. The predicted octanol–water partition coefficient (Wildman–Crippen LogP) is 2.70. The van der Waals surface area contributed by atoms with Crippen LogP contribution < -0.4 is 11.1 Å². The molecule has 0 heterocycles. The van der Waals surface area contributed by atoms with Gasteiger partial charge in [-0.2, -0.15) is 5.26 Å². The van der Waals surface area contributed by atoms with Crippen molar-refractivity contribution in [3.8, 4) is 6.07 Å². The van der Waals surface area contributed by atoms with E-state index in [1.54, 1.807) is 24.3 Å². The summed E-state index contributed by atoms with van der Waals surface area (Å²) in [6.07, 6.45) is 0. The lowest BCUT2D eigenvalue weighted by atomic mass is 10.1. The maximum Gasteiger partial charge on any atom is 0.255 e. The highest BCUT2D eigenvalue weighted by Crippen LogP contribution is 2.19. The quantitative estimate of drug-likeness (QED) is 0.805. The topological polar surface area (TPSA) is 78.9 Å². The van der Waals surface area contributed by atoms with E-state index in [1.807, 2.05) is 25.1 Å². The molecular weight excluding hydrogens is 238 g/mol. The van der Waals surface area contributed by atoms with Crippen LogP contribution in [0.15, 0.2) is 42.5 Å². The fourth-order valence-electron chi connectivity index (χ4n) is 1.74. The molecule has 0 saturated heterocycles. The summed E-state index contributed by atoms with van der Waals surface area (Å²) in [5.41, 5.74) is 8.46. The van der Waals surface area contributed by atoms with E-state index in [1.165, 1.54) is 6.07 Å². The number of nitrogen functional groups attached to an aromatic ring is 1. The Balaban J connectivity index is 2.27. The second-order valence-corrected chi connectivity index (χ2v) is 4.24. The first-order valence-corrected chi connectivity index (χ1v) is 5.78. The number of nitrogens with two attached hydrogens (primary N) is 1. The summed E-state index contributed by atoms with van der Waals surface area (Å²) < 4.78 is 0. The zero-order valence-corrected chi connectivity index (χ0v) is 10.5. The molecule has 0 spiro atoms. The van der Waals surface area contributed by atoms with Gasteiger partial charge < -0.3 is 11.1 Å². The predicted molar refractivity (Wildman–Crippen MR) is 74.7 cm³/mol. The van der Waals surface area contributed by atoms with Crippen LogP contribution in [0.3, 0.4) is 0 Å². The molecule has 1 amide bonds. The zero-order chi connectivity index (χ0) is 13.8. The molecule has 0 aliphatic carbocycles. The number of amides is 1. The number of hydrogen-bond acceptors (Lipinski definition) is 3. The van der Waals surface area contributed by atoms with Gasteiger partial charge in [0.25, 0.3) is 5.91 Å². The highest BCUT2D eigenvalue weighted by Gasteiger charge is 2.09. The van der Waals surface area contributed by atoms with Gasteiger partial charge in [-0.05, 0) is 37.3 Å². The summed E-state index contributed by atoms with van der Waals surface area (Å²) in [5.74, 6) is -0.245. The molecule has 2 aromatic rings. The molecule has 2 rings (SSSR count). The molecule has 4 nitrogen and oxygen atoms in total. The number of carbonyl (C=O) groups excluding carboxylic acids is 1. The van der Waals surface area contributed by atoms with Gasteiger partial charge in [-0.15, -0.1) is 0 Å². The first-order valence-electron chi connectivity index (χ1n) is 5.78. The van der Waals surface area contributed by atoms with Crippen molar-refractivity contribution in [2.75, 3.05) is 11.1 Å². The van der Waals surface area contributed by atoms with Crippen LogP contribution in [0.2, 0.25) is 0 Å². The summed E-state index contributed by atoms with van der Waals surface area (Å²) in [5, 5.41) is 11.7. The van der Waals surface area contributed by atoms with E-state index in [0.29, 0.717) is 22.5 Å². The van der Waals surface area contributed by atoms with Crippen LogP contribution in [-0.4, -0.2) is 5.91 Å². The third kappa shape index (κ3) is 2.90. The SMILES string of the molecule is Cc1cccc(C(=O)Nc2ccc(N)cc2C#N)c1. The molecule has 0 aliphatic rings. The Morgan fingerprint density at radius 2 is 2.05 bits per heavy atom. The molecule has 94 valence electrons. The third-order valence-electron chi connectivity index (χ3n) is 2.69. The molecular formula is C15H13N3O. The summed E-state index contributed by atoms with van der Waals surface area (Å²) in [6.45, 7) is 1.92. The van der Waals surface area contributed by atoms with Crippen LogP contribution >= 0.6 is 0 Å². The monoisotopic (exact) mass is 251 g/mol. The van der Waals surface area contributed by atoms with Crippen LogP contribution in [-0.2, 0) is 0 Å². The minimum Gasteiger partial charge on any atom is -0.399 e. The van der Waals surface area contributed by atoms with Gasteiger partial charge in [0.05, 0.1) is 11.3 Å². The smallest absolute Gasteiger partial charge is 0.255 e. The van der Waals surface area contributed by atoms with Gasteiger partial charge in [-0.1, -0.05) is 17.7 Å². The summed E-state index contributed by atoms with van der Waals surface area (Å²) in [4.78, 5) is 12.1. The van der Waals surface area contributed by atoms with Crippen molar-refractivity contribution < 1.29 is 4.79 Å². The van der Waals surface area contributed by atoms with Gasteiger partial charge in [0.15, 0.2) is 0 Å². The highest BCUT2D eigenvalue weighted by molar-refractivity contribution is 6.05. The summed E-state index contributed by atoms with van der Waals surface area (Å²) >= 11 is 0.